The van der Waals surface area contributed by atoms with Crippen molar-refractivity contribution in [3.05, 3.63) is 40.4 Å². The Labute approximate surface area is 151 Å². The van der Waals surface area contributed by atoms with Gasteiger partial charge in [-0.25, -0.2) is 0 Å². The van der Waals surface area contributed by atoms with Crippen LogP contribution in [0.1, 0.15) is 27.3 Å². The molecule has 0 aliphatic carbocycles. The van der Waals surface area contributed by atoms with E-state index in [1.165, 1.54) is 0 Å². The number of hydrogen-bond donors (Lipinski definition) is 0. The van der Waals surface area contributed by atoms with Crippen LogP contribution in [0, 0.1) is 6.92 Å². The van der Waals surface area contributed by atoms with Crippen molar-refractivity contribution in [1.82, 2.24) is 20.0 Å². The van der Waals surface area contributed by atoms with Crippen molar-refractivity contribution in [2.45, 2.75) is 24.2 Å². The molecule has 128 valence electrons. The lowest BCUT2D eigenvalue weighted by atomic mass is 10.1. The molecule has 0 saturated carbocycles. The van der Waals surface area contributed by atoms with Crippen molar-refractivity contribution >= 4 is 29.0 Å². The smallest absolute Gasteiger partial charge is 0.253 e. The maximum atomic E-state index is 12.7. The molecule has 1 aliphatic rings. The first kappa shape index (κ1) is 17.4. The second kappa shape index (κ2) is 8.09. The lowest BCUT2D eigenvalue weighted by Crippen LogP contribution is -2.35. The van der Waals surface area contributed by atoms with Crippen LogP contribution >= 0.6 is 23.1 Å². The molecule has 0 atom stereocenters. The number of carbonyl (C=O) groups excluding carboxylic acids is 1. The molecule has 0 spiro atoms. The van der Waals surface area contributed by atoms with Gasteiger partial charge < -0.3 is 4.90 Å². The molecule has 3 rings (SSSR count). The average Bonchev–Trinajstić information content (AvgIpc) is 2.91. The maximum absolute atomic E-state index is 12.7. The molecule has 1 fully saturated rings. The lowest BCUT2D eigenvalue weighted by Gasteiger charge is -2.21. The molecule has 0 unspecified atom stereocenters. The van der Waals surface area contributed by atoms with Crippen LogP contribution in [0.25, 0.3) is 0 Å². The lowest BCUT2D eigenvalue weighted by molar-refractivity contribution is 0.0761. The van der Waals surface area contributed by atoms with Gasteiger partial charge in [0.1, 0.15) is 5.01 Å². The minimum absolute atomic E-state index is 0.140. The first-order valence-corrected chi connectivity index (χ1v) is 10.1. The number of aromatic nitrogens is 2. The van der Waals surface area contributed by atoms with Crippen molar-refractivity contribution in [2.75, 3.05) is 32.4 Å². The van der Waals surface area contributed by atoms with Gasteiger partial charge in [0, 0.05) is 31.7 Å². The van der Waals surface area contributed by atoms with Gasteiger partial charge in [0.05, 0.1) is 6.54 Å². The summed E-state index contributed by atoms with van der Waals surface area (Å²) < 4.78 is 1.01. The molecule has 2 aromatic rings. The standard InChI is InChI=1S/C17H22N4OS2/c1-13-5-3-6-14(11-13)16(22)21-8-4-7-20(9-10-21)12-15-18-19-17(23-2)24-15/h3,5-6,11H,4,7-10,12H2,1-2H3. The van der Waals surface area contributed by atoms with E-state index >= 15 is 0 Å². The second-order valence-corrected chi connectivity index (χ2v) is 8.07. The van der Waals surface area contributed by atoms with Gasteiger partial charge >= 0.3 is 0 Å². The molecule has 2 heterocycles. The van der Waals surface area contributed by atoms with Crippen molar-refractivity contribution < 1.29 is 4.79 Å². The largest absolute Gasteiger partial charge is 0.337 e. The fourth-order valence-corrected chi connectivity index (χ4v) is 4.23. The molecule has 1 amide bonds. The van der Waals surface area contributed by atoms with Gasteiger partial charge in [-0.05, 0) is 31.7 Å². The fraction of sp³-hybridized carbons (Fsp3) is 0.471. The number of thioether (sulfide) groups is 1. The van der Waals surface area contributed by atoms with Crippen LogP contribution in [-0.4, -0.2) is 58.3 Å². The molecule has 24 heavy (non-hydrogen) atoms. The van der Waals surface area contributed by atoms with Gasteiger partial charge in [-0.1, -0.05) is 40.8 Å². The minimum Gasteiger partial charge on any atom is -0.337 e. The fourth-order valence-electron chi connectivity index (χ4n) is 2.87. The van der Waals surface area contributed by atoms with E-state index in [-0.39, 0.29) is 5.91 Å². The molecular weight excluding hydrogens is 340 g/mol. The third kappa shape index (κ3) is 4.34. The number of carbonyl (C=O) groups is 1. The highest BCUT2D eigenvalue weighted by atomic mass is 32.2. The van der Waals surface area contributed by atoms with Gasteiger partial charge in [-0.15, -0.1) is 10.2 Å². The van der Waals surface area contributed by atoms with Gasteiger partial charge in [-0.3, -0.25) is 9.69 Å². The number of nitrogens with zero attached hydrogens (tertiary/aromatic N) is 4. The number of hydrogen-bond acceptors (Lipinski definition) is 6. The van der Waals surface area contributed by atoms with E-state index in [2.05, 4.69) is 15.1 Å². The average molecular weight is 363 g/mol. The van der Waals surface area contributed by atoms with Crippen molar-refractivity contribution in [3.63, 3.8) is 0 Å². The molecule has 1 aromatic heterocycles. The molecule has 1 saturated heterocycles. The van der Waals surface area contributed by atoms with E-state index in [0.717, 1.165) is 59.6 Å². The number of benzene rings is 1. The zero-order valence-corrected chi connectivity index (χ0v) is 15.7. The highest BCUT2D eigenvalue weighted by molar-refractivity contribution is 8.00. The van der Waals surface area contributed by atoms with Gasteiger partial charge in [0.15, 0.2) is 4.34 Å². The van der Waals surface area contributed by atoms with Crippen LogP contribution < -0.4 is 0 Å². The molecule has 0 radical (unpaired) electrons. The monoisotopic (exact) mass is 362 g/mol. The third-order valence-electron chi connectivity index (χ3n) is 4.12. The highest BCUT2D eigenvalue weighted by Gasteiger charge is 2.21. The number of rotatable bonds is 4. The van der Waals surface area contributed by atoms with E-state index in [4.69, 9.17) is 0 Å². The van der Waals surface area contributed by atoms with Crippen molar-refractivity contribution in [1.29, 1.82) is 0 Å². The molecule has 5 nitrogen and oxygen atoms in total. The molecule has 0 bridgehead atoms. The van der Waals surface area contributed by atoms with Crippen LogP contribution in [-0.2, 0) is 6.54 Å². The van der Waals surface area contributed by atoms with Gasteiger partial charge in [0.25, 0.3) is 5.91 Å². The minimum atomic E-state index is 0.140. The van der Waals surface area contributed by atoms with E-state index in [0.29, 0.717) is 0 Å². The van der Waals surface area contributed by atoms with Crippen LogP contribution in [0.3, 0.4) is 0 Å². The van der Waals surface area contributed by atoms with Crippen molar-refractivity contribution in [3.8, 4) is 0 Å². The Kier molecular flexibility index (Phi) is 5.86. The van der Waals surface area contributed by atoms with Crippen LogP contribution in [0.15, 0.2) is 28.6 Å². The predicted octanol–water partition coefficient (Wildman–Crippen LogP) is 2.92. The Balaban J connectivity index is 1.59. The van der Waals surface area contributed by atoms with E-state index in [9.17, 15) is 4.79 Å². The topological polar surface area (TPSA) is 49.3 Å². The molecule has 7 heteroatoms. The molecule has 1 aliphatic heterocycles. The van der Waals surface area contributed by atoms with Crippen LogP contribution in [0.2, 0.25) is 0 Å². The maximum Gasteiger partial charge on any atom is 0.253 e. The Morgan fingerprint density at radius 3 is 2.88 bits per heavy atom. The number of amides is 1. The highest BCUT2D eigenvalue weighted by Crippen LogP contribution is 2.21. The van der Waals surface area contributed by atoms with Crippen LogP contribution in [0.4, 0.5) is 0 Å². The Bertz CT molecular complexity index is 703. The summed E-state index contributed by atoms with van der Waals surface area (Å²) in [5.41, 5.74) is 1.91. The van der Waals surface area contributed by atoms with Crippen molar-refractivity contribution in [2.24, 2.45) is 0 Å². The predicted molar refractivity (Wildman–Crippen MR) is 98.7 cm³/mol. The summed E-state index contributed by atoms with van der Waals surface area (Å²) in [7, 11) is 0. The van der Waals surface area contributed by atoms with E-state index < -0.39 is 0 Å². The van der Waals surface area contributed by atoms with E-state index in [1.54, 1.807) is 23.1 Å². The zero-order valence-electron chi connectivity index (χ0n) is 14.1. The second-order valence-electron chi connectivity index (χ2n) is 5.96. The first-order valence-electron chi connectivity index (χ1n) is 8.10. The van der Waals surface area contributed by atoms with Gasteiger partial charge in [-0.2, -0.15) is 0 Å². The Hall–Kier alpha value is -1.44. The summed E-state index contributed by atoms with van der Waals surface area (Å²) in [6.07, 6.45) is 3.01. The van der Waals surface area contributed by atoms with E-state index in [1.807, 2.05) is 42.3 Å². The first-order chi connectivity index (χ1) is 11.7. The molecular formula is C17H22N4OS2. The quantitative estimate of drug-likeness (QED) is 0.783. The summed E-state index contributed by atoms with van der Waals surface area (Å²) in [5, 5.41) is 9.46. The summed E-state index contributed by atoms with van der Waals surface area (Å²) in [6, 6.07) is 7.84. The third-order valence-corrected chi connectivity index (χ3v) is 6.01. The van der Waals surface area contributed by atoms with Gasteiger partial charge in [0.2, 0.25) is 0 Å². The Morgan fingerprint density at radius 2 is 2.12 bits per heavy atom. The summed E-state index contributed by atoms with van der Waals surface area (Å²) in [6.45, 7) is 6.30. The molecule has 0 N–H and O–H groups in total. The number of aryl methyl sites for hydroxylation is 1. The Morgan fingerprint density at radius 1 is 1.25 bits per heavy atom. The summed E-state index contributed by atoms with van der Waals surface area (Å²) in [5.74, 6) is 0.140. The summed E-state index contributed by atoms with van der Waals surface area (Å²) in [4.78, 5) is 17.0. The normalized spacial score (nSPS) is 16.2. The van der Waals surface area contributed by atoms with Crippen LogP contribution in [0.5, 0.6) is 0 Å². The SMILES string of the molecule is CSc1nnc(CN2CCCN(C(=O)c3cccc(C)c3)CC2)s1. The molecule has 1 aromatic carbocycles. The summed E-state index contributed by atoms with van der Waals surface area (Å²) >= 11 is 3.29. The zero-order chi connectivity index (χ0) is 16.9.